The summed E-state index contributed by atoms with van der Waals surface area (Å²) in [5.74, 6) is 0.957. The number of rotatable bonds is 3. The molecule has 1 N–H and O–H groups in total. The van der Waals surface area contributed by atoms with Gasteiger partial charge in [-0.15, -0.1) is 0 Å². The molecular weight excluding hydrogens is 226 g/mol. The summed E-state index contributed by atoms with van der Waals surface area (Å²) >= 11 is 0. The molecule has 3 nitrogen and oxygen atoms in total. The molecule has 0 spiro atoms. The number of ether oxygens (including phenoxy) is 1. The van der Waals surface area contributed by atoms with Gasteiger partial charge in [-0.25, -0.2) is 0 Å². The van der Waals surface area contributed by atoms with Crippen LogP contribution in [0.3, 0.4) is 0 Å². The lowest BCUT2D eigenvalue weighted by atomic mass is 9.82. The Hall–Kier alpha value is -1.22. The van der Waals surface area contributed by atoms with Crippen molar-refractivity contribution in [3.63, 3.8) is 0 Å². The van der Waals surface area contributed by atoms with E-state index in [0.29, 0.717) is 0 Å². The van der Waals surface area contributed by atoms with E-state index in [-0.39, 0.29) is 12.0 Å². The number of hydrogen-bond acceptors (Lipinski definition) is 3. The van der Waals surface area contributed by atoms with Gasteiger partial charge in [0.05, 0.1) is 13.7 Å². The second-order valence-electron chi connectivity index (χ2n) is 5.71. The standard InChI is InChI=1S/C15H23NO2/c1-15(2,10-17)12-7-8-13-11(14(12)18-4)6-5-9-16(13)3/h7-8,17H,5-6,9-10H2,1-4H3. The highest BCUT2D eigenvalue weighted by Crippen LogP contribution is 2.40. The fraction of sp³-hybridized carbons (Fsp3) is 0.600. The molecule has 0 bridgehead atoms. The predicted molar refractivity (Wildman–Crippen MR) is 74.7 cm³/mol. The molecule has 18 heavy (non-hydrogen) atoms. The number of aliphatic hydroxyl groups is 1. The number of hydrogen-bond donors (Lipinski definition) is 1. The van der Waals surface area contributed by atoms with Gasteiger partial charge in [0.15, 0.2) is 0 Å². The normalized spacial score (nSPS) is 15.5. The average molecular weight is 249 g/mol. The first kappa shape index (κ1) is 13.2. The Morgan fingerprint density at radius 2 is 2.11 bits per heavy atom. The van der Waals surface area contributed by atoms with Crippen LogP contribution in [0.2, 0.25) is 0 Å². The summed E-state index contributed by atoms with van der Waals surface area (Å²) in [5, 5.41) is 9.56. The number of benzene rings is 1. The number of fused-ring (bicyclic) bond motifs is 1. The summed E-state index contributed by atoms with van der Waals surface area (Å²) in [6, 6.07) is 4.25. The zero-order valence-corrected chi connectivity index (χ0v) is 11.8. The highest BCUT2D eigenvalue weighted by Gasteiger charge is 2.28. The fourth-order valence-electron chi connectivity index (χ4n) is 2.68. The Kier molecular flexibility index (Phi) is 3.53. The monoisotopic (exact) mass is 249 g/mol. The van der Waals surface area contributed by atoms with Gasteiger partial charge < -0.3 is 14.7 Å². The van der Waals surface area contributed by atoms with E-state index in [1.807, 2.05) is 13.8 Å². The highest BCUT2D eigenvalue weighted by molar-refractivity contribution is 5.64. The molecule has 0 radical (unpaired) electrons. The number of aliphatic hydroxyl groups excluding tert-OH is 1. The van der Waals surface area contributed by atoms with Crippen molar-refractivity contribution in [2.75, 3.05) is 32.2 Å². The van der Waals surface area contributed by atoms with Crippen LogP contribution in [-0.2, 0) is 11.8 Å². The topological polar surface area (TPSA) is 32.7 Å². The summed E-state index contributed by atoms with van der Waals surface area (Å²) in [5.41, 5.74) is 3.37. The predicted octanol–water partition coefficient (Wildman–Crippen LogP) is 2.35. The summed E-state index contributed by atoms with van der Waals surface area (Å²) < 4.78 is 5.64. The molecule has 0 saturated carbocycles. The van der Waals surface area contributed by atoms with Gasteiger partial charge in [-0.05, 0) is 18.9 Å². The number of methoxy groups -OCH3 is 1. The average Bonchev–Trinajstić information content (AvgIpc) is 2.37. The number of anilines is 1. The zero-order valence-electron chi connectivity index (χ0n) is 11.8. The molecule has 3 heteroatoms. The molecule has 1 aliphatic rings. The molecule has 0 saturated heterocycles. The molecule has 0 amide bonds. The van der Waals surface area contributed by atoms with E-state index in [2.05, 4.69) is 24.1 Å². The van der Waals surface area contributed by atoms with Crippen LogP contribution in [0.25, 0.3) is 0 Å². The molecule has 2 rings (SSSR count). The second kappa shape index (κ2) is 4.81. The fourth-order valence-corrected chi connectivity index (χ4v) is 2.68. The van der Waals surface area contributed by atoms with E-state index in [9.17, 15) is 5.11 Å². The molecule has 0 aromatic heterocycles. The van der Waals surface area contributed by atoms with Crippen molar-refractivity contribution in [1.29, 1.82) is 0 Å². The van der Waals surface area contributed by atoms with Crippen molar-refractivity contribution >= 4 is 5.69 Å². The third-order valence-corrected chi connectivity index (χ3v) is 3.90. The molecular formula is C15H23NO2. The van der Waals surface area contributed by atoms with Crippen LogP contribution in [0.4, 0.5) is 5.69 Å². The van der Waals surface area contributed by atoms with Crippen LogP contribution in [0.15, 0.2) is 12.1 Å². The van der Waals surface area contributed by atoms with Crippen LogP contribution in [0, 0.1) is 0 Å². The summed E-state index contributed by atoms with van der Waals surface area (Å²) in [6.07, 6.45) is 2.21. The van der Waals surface area contributed by atoms with Crippen molar-refractivity contribution in [3.8, 4) is 5.75 Å². The molecule has 1 aromatic rings. The lowest BCUT2D eigenvalue weighted by Crippen LogP contribution is -2.28. The first-order chi connectivity index (χ1) is 8.51. The van der Waals surface area contributed by atoms with E-state index in [1.165, 1.54) is 11.3 Å². The van der Waals surface area contributed by atoms with Crippen LogP contribution in [0.1, 0.15) is 31.4 Å². The van der Waals surface area contributed by atoms with Gasteiger partial charge >= 0.3 is 0 Å². The zero-order chi connectivity index (χ0) is 13.3. The quantitative estimate of drug-likeness (QED) is 0.892. The largest absolute Gasteiger partial charge is 0.496 e. The minimum absolute atomic E-state index is 0.123. The van der Waals surface area contributed by atoms with Crippen molar-refractivity contribution in [2.24, 2.45) is 0 Å². The number of nitrogens with zero attached hydrogens (tertiary/aromatic N) is 1. The van der Waals surface area contributed by atoms with Crippen LogP contribution in [0.5, 0.6) is 5.75 Å². The molecule has 1 heterocycles. The van der Waals surface area contributed by atoms with Crippen molar-refractivity contribution in [3.05, 3.63) is 23.3 Å². The first-order valence-corrected chi connectivity index (χ1v) is 6.53. The molecule has 100 valence electrons. The van der Waals surface area contributed by atoms with E-state index in [4.69, 9.17) is 4.74 Å². The third kappa shape index (κ3) is 2.07. The van der Waals surface area contributed by atoms with Crippen molar-refractivity contribution in [1.82, 2.24) is 0 Å². The van der Waals surface area contributed by atoms with Crippen LogP contribution < -0.4 is 9.64 Å². The van der Waals surface area contributed by atoms with Gasteiger partial charge in [0.25, 0.3) is 0 Å². The first-order valence-electron chi connectivity index (χ1n) is 6.53. The van der Waals surface area contributed by atoms with Gasteiger partial charge in [-0.3, -0.25) is 0 Å². The molecule has 0 unspecified atom stereocenters. The Labute approximate surface area is 109 Å². The van der Waals surface area contributed by atoms with E-state index >= 15 is 0 Å². The second-order valence-corrected chi connectivity index (χ2v) is 5.71. The molecule has 0 fully saturated rings. The molecule has 1 aromatic carbocycles. The third-order valence-electron chi connectivity index (χ3n) is 3.90. The summed E-state index contributed by atoms with van der Waals surface area (Å²) in [6.45, 7) is 5.31. The Morgan fingerprint density at radius 1 is 1.39 bits per heavy atom. The molecule has 1 aliphatic heterocycles. The van der Waals surface area contributed by atoms with Crippen molar-refractivity contribution in [2.45, 2.75) is 32.1 Å². The van der Waals surface area contributed by atoms with E-state index in [1.54, 1.807) is 7.11 Å². The van der Waals surface area contributed by atoms with Gasteiger partial charge in [0.1, 0.15) is 5.75 Å². The van der Waals surface area contributed by atoms with Gasteiger partial charge in [-0.2, -0.15) is 0 Å². The Bertz CT molecular complexity index is 440. The van der Waals surface area contributed by atoms with E-state index < -0.39 is 0 Å². The van der Waals surface area contributed by atoms with Crippen molar-refractivity contribution < 1.29 is 9.84 Å². The Morgan fingerprint density at radius 3 is 2.72 bits per heavy atom. The lowest BCUT2D eigenvalue weighted by molar-refractivity contribution is 0.214. The van der Waals surface area contributed by atoms with Gasteiger partial charge in [0, 0.05) is 35.8 Å². The summed E-state index contributed by atoms with van der Waals surface area (Å²) in [7, 11) is 3.84. The summed E-state index contributed by atoms with van der Waals surface area (Å²) in [4.78, 5) is 2.27. The molecule has 0 atom stereocenters. The molecule has 0 aliphatic carbocycles. The maximum Gasteiger partial charge on any atom is 0.127 e. The SMILES string of the molecule is COc1c(C(C)(C)CO)ccc2c1CCCN2C. The van der Waals surface area contributed by atoms with Gasteiger partial charge in [-0.1, -0.05) is 19.9 Å². The highest BCUT2D eigenvalue weighted by atomic mass is 16.5. The van der Waals surface area contributed by atoms with E-state index in [0.717, 1.165) is 30.7 Å². The lowest BCUT2D eigenvalue weighted by Gasteiger charge is -2.32. The minimum atomic E-state index is -0.267. The smallest absolute Gasteiger partial charge is 0.127 e. The maximum atomic E-state index is 9.56. The Balaban J connectivity index is 2.58. The van der Waals surface area contributed by atoms with Gasteiger partial charge in [0.2, 0.25) is 0 Å². The maximum absolute atomic E-state index is 9.56. The van der Waals surface area contributed by atoms with Crippen LogP contribution in [-0.4, -0.2) is 32.4 Å². The van der Waals surface area contributed by atoms with Crippen LogP contribution >= 0.6 is 0 Å². The minimum Gasteiger partial charge on any atom is -0.496 e.